The van der Waals surface area contributed by atoms with Crippen LogP contribution in [0, 0.1) is 0 Å². The van der Waals surface area contributed by atoms with Crippen LogP contribution in [0.4, 0.5) is 4.79 Å². The van der Waals surface area contributed by atoms with E-state index in [0.29, 0.717) is 12.0 Å². The summed E-state index contributed by atoms with van der Waals surface area (Å²) in [5.74, 6) is -0.812. The Hall–Kier alpha value is -2.41. The molecule has 1 aliphatic rings. The Balaban J connectivity index is 2.12. The number of carboxylic acid groups (broad SMARTS) is 1. The molecule has 2 N–H and O–H groups in total. The number of aliphatic carboxylic acids is 1. The number of rotatable bonds is 8. The molecule has 0 bridgehead atoms. The van der Waals surface area contributed by atoms with Gasteiger partial charge in [-0.05, 0) is 57.0 Å². The minimum absolute atomic E-state index is 0.00859. The molecule has 2 rings (SSSR count). The fraction of sp³-hybridized carbons (Fsp3) is 0.571. The molecule has 1 aliphatic heterocycles. The van der Waals surface area contributed by atoms with Gasteiger partial charge in [-0.1, -0.05) is 25.5 Å². The van der Waals surface area contributed by atoms with E-state index in [1.165, 1.54) is 6.42 Å². The molecule has 0 aliphatic carbocycles. The summed E-state index contributed by atoms with van der Waals surface area (Å²) in [4.78, 5) is 36.2. The maximum Gasteiger partial charge on any atom is 0.413 e. The van der Waals surface area contributed by atoms with Crippen LogP contribution in [0.15, 0.2) is 24.3 Å². The smallest absolute Gasteiger partial charge is 0.413 e. The van der Waals surface area contributed by atoms with Crippen molar-refractivity contribution in [2.24, 2.45) is 0 Å². The number of nitrogens with one attached hydrogen (secondary N) is 1. The zero-order valence-corrected chi connectivity index (χ0v) is 16.6. The zero-order valence-electron chi connectivity index (χ0n) is 16.6. The van der Waals surface area contributed by atoms with Gasteiger partial charge in [0.15, 0.2) is 0 Å². The second-order valence-electron chi connectivity index (χ2n) is 7.53. The standard InChI is InChI=1S/C21H30N2O5/c1-3-21(11-4-5-12-23(2)15-21)16-8-6-9-17(14-16)28-20(27)22-18(19(25)26)10-7-13-24/h6,8-9,13-14,18H,3-5,7,10-12,15H2,1-2H3,(H,22,27)(H,25,26)/t18-,21?/m1/s1. The van der Waals surface area contributed by atoms with E-state index in [4.69, 9.17) is 9.84 Å². The second kappa shape index (κ2) is 10.2. The van der Waals surface area contributed by atoms with Crippen molar-refractivity contribution in [2.75, 3.05) is 20.1 Å². The van der Waals surface area contributed by atoms with Gasteiger partial charge in [-0.25, -0.2) is 9.59 Å². The molecule has 0 spiro atoms. The largest absolute Gasteiger partial charge is 0.480 e. The van der Waals surface area contributed by atoms with Crippen molar-refractivity contribution in [3.05, 3.63) is 29.8 Å². The summed E-state index contributed by atoms with van der Waals surface area (Å²) in [6.07, 6.45) is 4.27. The van der Waals surface area contributed by atoms with Crippen LogP contribution in [-0.2, 0) is 15.0 Å². The lowest BCUT2D eigenvalue weighted by Gasteiger charge is -2.35. The third kappa shape index (κ3) is 5.79. The highest BCUT2D eigenvalue weighted by molar-refractivity contribution is 5.81. The zero-order chi connectivity index (χ0) is 20.6. The van der Waals surface area contributed by atoms with E-state index in [9.17, 15) is 14.4 Å². The number of hydrogen-bond acceptors (Lipinski definition) is 5. The van der Waals surface area contributed by atoms with Gasteiger partial charge < -0.3 is 24.9 Å². The Morgan fingerprint density at radius 1 is 1.39 bits per heavy atom. The van der Waals surface area contributed by atoms with Crippen LogP contribution >= 0.6 is 0 Å². The number of hydrogen-bond donors (Lipinski definition) is 2. The minimum Gasteiger partial charge on any atom is -0.480 e. The molecule has 0 radical (unpaired) electrons. The number of aldehydes is 1. The van der Waals surface area contributed by atoms with E-state index in [-0.39, 0.29) is 18.3 Å². The van der Waals surface area contributed by atoms with Crippen molar-refractivity contribution in [1.29, 1.82) is 0 Å². The molecule has 0 aromatic heterocycles. The highest BCUT2D eigenvalue weighted by Gasteiger charge is 2.33. The lowest BCUT2D eigenvalue weighted by molar-refractivity contribution is -0.139. The monoisotopic (exact) mass is 390 g/mol. The molecule has 1 saturated heterocycles. The van der Waals surface area contributed by atoms with Gasteiger partial charge in [-0.2, -0.15) is 0 Å². The number of benzene rings is 1. The van der Waals surface area contributed by atoms with Gasteiger partial charge in [-0.3, -0.25) is 0 Å². The molecule has 1 heterocycles. The predicted molar refractivity (Wildman–Crippen MR) is 106 cm³/mol. The highest BCUT2D eigenvalue weighted by atomic mass is 16.6. The van der Waals surface area contributed by atoms with E-state index in [1.54, 1.807) is 6.07 Å². The number of carbonyl (C=O) groups excluding carboxylic acids is 2. The van der Waals surface area contributed by atoms with E-state index in [1.807, 2.05) is 12.1 Å². The lowest BCUT2D eigenvalue weighted by atomic mass is 9.74. The molecule has 7 heteroatoms. The quantitative estimate of drug-likeness (QED) is 0.663. The molecule has 0 saturated carbocycles. The van der Waals surface area contributed by atoms with Gasteiger partial charge in [0.1, 0.15) is 18.1 Å². The van der Waals surface area contributed by atoms with Gasteiger partial charge in [0.25, 0.3) is 0 Å². The van der Waals surface area contributed by atoms with Crippen molar-refractivity contribution >= 4 is 18.3 Å². The van der Waals surface area contributed by atoms with E-state index >= 15 is 0 Å². The van der Waals surface area contributed by atoms with Crippen LogP contribution in [0.25, 0.3) is 0 Å². The normalized spacial score (nSPS) is 21.4. The first-order valence-electron chi connectivity index (χ1n) is 9.84. The first-order chi connectivity index (χ1) is 13.4. The molecule has 1 fully saturated rings. The molecular weight excluding hydrogens is 360 g/mol. The number of likely N-dealkylation sites (N-methyl/N-ethyl adjacent to an activating group) is 1. The number of ether oxygens (including phenoxy) is 1. The van der Waals surface area contributed by atoms with Crippen LogP contribution in [0.5, 0.6) is 5.75 Å². The fourth-order valence-electron chi connectivity index (χ4n) is 3.91. The Morgan fingerprint density at radius 3 is 2.86 bits per heavy atom. The topological polar surface area (TPSA) is 95.9 Å². The fourth-order valence-corrected chi connectivity index (χ4v) is 3.91. The number of nitrogens with zero attached hydrogens (tertiary/aromatic N) is 1. The Morgan fingerprint density at radius 2 is 2.18 bits per heavy atom. The number of carbonyl (C=O) groups is 3. The van der Waals surface area contributed by atoms with Crippen molar-refractivity contribution in [1.82, 2.24) is 10.2 Å². The Kier molecular flexibility index (Phi) is 7.99. The summed E-state index contributed by atoms with van der Waals surface area (Å²) in [6.45, 7) is 4.22. The molecule has 28 heavy (non-hydrogen) atoms. The first-order valence-corrected chi connectivity index (χ1v) is 9.84. The van der Waals surface area contributed by atoms with Crippen LogP contribution in [0.3, 0.4) is 0 Å². The van der Waals surface area contributed by atoms with Gasteiger partial charge in [0, 0.05) is 18.4 Å². The molecule has 7 nitrogen and oxygen atoms in total. The van der Waals surface area contributed by atoms with Crippen LogP contribution in [0.1, 0.15) is 51.0 Å². The van der Waals surface area contributed by atoms with Gasteiger partial charge in [-0.15, -0.1) is 0 Å². The van der Waals surface area contributed by atoms with Crippen LogP contribution in [-0.4, -0.2) is 54.5 Å². The Bertz CT molecular complexity index is 693. The maximum atomic E-state index is 12.1. The molecule has 1 aromatic carbocycles. The summed E-state index contributed by atoms with van der Waals surface area (Å²) < 4.78 is 5.34. The second-order valence-corrected chi connectivity index (χ2v) is 7.53. The summed E-state index contributed by atoms with van der Waals surface area (Å²) in [7, 11) is 2.13. The van der Waals surface area contributed by atoms with E-state index in [2.05, 4.69) is 30.3 Å². The molecule has 154 valence electrons. The third-order valence-electron chi connectivity index (χ3n) is 5.51. The molecular formula is C21H30N2O5. The average molecular weight is 390 g/mol. The van der Waals surface area contributed by atoms with Gasteiger partial charge in [0.05, 0.1) is 0 Å². The average Bonchev–Trinajstić information content (AvgIpc) is 2.87. The van der Waals surface area contributed by atoms with Crippen LogP contribution < -0.4 is 10.1 Å². The van der Waals surface area contributed by atoms with Crippen molar-refractivity contribution in [2.45, 2.75) is 56.9 Å². The molecule has 1 amide bonds. The predicted octanol–water partition coefficient (Wildman–Crippen LogP) is 2.97. The van der Waals surface area contributed by atoms with Gasteiger partial charge in [0.2, 0.25) is 0 Å². The molecule has 1 unspecified atom stereocenters. The lowest BCUT2D eigenvalue weighted by Crippen LogP contribution is -2.42. The van der Waals surface area contributed by atoms with Crippen molar-refractivity contribution in [3.63, 3.8) is 0 Å². The van der Waals surface area contributed by atoms with Crippen LogP contribution in [0.2, 0.25) is 0 Å². The molecule has 1 aromatic rings. The van der Waals surface area contributed by atoms with Crippen molar-refractivity contribution < 1.29 is 24.2 Å². The Labute approximate surface area is 166 Å². The third-order valence-corrected chi connectivity index (χ3v) is 5.51. The van der Waals surface area contributed by atoms with Gasteiger partial charge >= 0.3 is 12.1 Å². The summed E-state index contributed by atoms with van der Waals surface area (Å²) >= 11 is 0. The number of carboxylic acids is 1. The maximum absolute atomic E-state index is 12.1. The first kappa shape index (κ1) is 21.9. The molecule has 2 atom stereocenters. The minimum atomic E-state index is -1.20. The van der Waals surface area contributed by atoms with E-state index in [0.717, 1.165) is 37.9 Å². The van der Waals surface area contributed by atoms with E-state index < -0.39 is 18.1 Å². The summed E-state index contributed by atoms with van der Waals surface area (Å²) in [5.41, 5.74) is 1.14. The summed E-state index contributed by atoms with van der Waals surface area (Å²) in [6, 6.07) is 6.34. The highest BCUT2D eigenvalue weighted by Crippen LogP contribution is 2.37. The van der Waals surface area contributed by atoms with Crippen molar-refractivity contribution in [3.8, 4) is 5.75 Å². The SMILES string of the molecule is CCC1(c2cccc(OC(=O)N[C@H](CCC=O)C(=O)O)c2)CCCCN(C)C1. The number of likely N-dealkylation sites (tertiary alicyclic amines) is 1. The summed E-state index contributed by atoms with van der Waals surface area (Å²) in [5, 5.41) is 11.5. The number of amides is 1.